The lowest BCUT2D eigenvalue weighted by Crippen LogP contribution is -2.51. The van der Waals surface area contributed by atoms with E-state index in [1.165, 1.54) is 0 Å². The van der Waals surface area contributed by atoms with E-state index in [0.29, 0.717) is 67.6 Å². The number of piperazine rings is 1. The Labute approximate surface area is 199 Å². The molecule has 180 valence electrons. The summed E-state index contributed by atoms with van der Waals surface area (Å²) in [5, 5.41) is 2.92. The largest absolute Gasteiger partial charge is 0.497 e. The summed E-state index contributed by atoms with van der Waals surface area (Å²) in [6.45, 7) is 2.37. The maximum Gasteiger partial charge on any atom is 0.321 e. The molecule has 9 heteroatoms. The fourth-order valence-corrected chi connectivity index (χ4v) is 4.29. The molecule has 4 rings (SSSR count). The first kappa shape index (κ1) is 23.4. The first-order valence-corrected chi connectivity index (χ1v) is 11.5. The van der Waals surface area contributed by atoms with Gasteiger partial charge < -0.3 is 29.5 Å². The van der Waals surface area contributed by atoms with E-state index in [1.54, 1.807) is 71.4 Å². The molecule has 4 amide bonds. The topological polar surface area (TPSA) is 91.4 Å². The van der Waals surface area contributed by atoms with E-state index in [4.69, 9.17) is 9.47 Å². The van der Waals surface area contributed by atoms with Gasteiger partial charge in [-0.05, 0) is 49.2 Å². The Morgan fingerprint density at radius 2 is 1.65 bits per heavy atom. The number of urea groups is 1. The lowest BCUT2D eigenvalue weighted by molar-refractivity contribution is -0.119. The summed E-state index contributed by atoms with van der Waals surface area (Å²) in [5.41, 5.74) is 1.82. The molecule has 0 atom stereocenters. The number of carbonyl (C=O) groups excluding carboxylic acids is 3. The molecule has 34 heavy (non-hydrogen) atoms. The molecule has 0 aromatic heterocycles. The first-order valence-electron chi connectivity index (χ1n) is 11.5. The third-order valence-electron chi connectivity index (χ3n) is 6.22. The van der Waals surface area contributed by atoms with Crippen LogP contribution < -0.4 is 19.7 Å². The van der Waals surface area contributed by atoms with Crippen molar-refractivity contribution in [2.75, 3.05) is 57.2 Å². The minimum absolute atomic E-state index is 0.0600. The Balaban J connectivity index is 1.38. The van der Waals surface area contributed by atoms with Crippen LogP contribution in [-0.4, -0.2) is 74.6 Å². The Hall–Kier alpha value is -3.75. The van der Waals surface area contributed by atoms with Crippen molar-refractivity contribution in [2.45, 2.75) is 19.3 Å². The van der Waals surface area contributed by atoms with Crippen LogP contribution in [0.5, 0.6) is 11.5 Å². The van der Waals surface area contributed by atoms with Gasteiger partial charge in [0.15, 0.2) is 0 Å². The minimum atomic E-state index is -0.241. The van der Waals surface area contributed by atoms with E-state index < -0.39 is 0 Å². The van der Waals surface area contributed by atoms with Crippen molar-refractivity contribution in [3.63, 3.8) is 0 Å². The molecule has 0 bridgehead atoms. The van der Waals surface area contributed by atoms with Crippen molar-refractivity contribution >= 4 is 29.2 Å². The van der Waals surface area contributed by atoms with Crippen LogP contribution >= 0.6 is 0 Å². The van der Waals surface area contributed by atoms with E-state index in [0.717, 1.165) is 12.8 Å². The Bertz CT molecular complexity index is 1070. The van der Waals surface area contributed by atoms with Crippen molar-refractivity contribution < 1.29 is 23.9 Å². The number of anilines is 2. The second-order valence-electron chi connectivity index (χ2n) is 8.33. The van der Waals surface area contributed by atoms with Gasteiger partial charge >= 0.3 is 6.03 Å². The Morgan fingerprint density at radius 3 is 2.35 bits per heavy atom. The highest BCUT2D eigenvalue weighted by molar-refractivity contribution is 5.98. The van der Waals surface area contributed by atoms with E-state index in [2.05, 4.69) is 5.32 Å². The van der Waals surface area contributed by atoms with Gasteiger partial charge in [-0.1, -0.05) is 6.07 Å². The average molecular weight is 467 g/mol. The normalized spacial score (nSPS) is 16.3. The zero-order valence-corrected chi connectivity index (χ0v) is 19.6. The van der Waals surface area contributed by atoms with Gasteiger partial charge in [0, 0.05) is 50.4 Å². The molecule has 2 fully saturated rings. The number of piperidine rings is 1. The number of nitrogens with one attached hydrogen (secondary N) is 1. The molecular formula is C25H30N4O5. The molecule has 9 nitrogen and oxygen atoms in total. The van der Waals surface area contributed by atoms with E-state index in [1.807, 2.05) is 0 Å². The molecule has 1 N–H and O–H groups in total. The molecular weight excluding hydrogens is 436 g/mol. The molecule has 2 aliphatic heterocycles. The molecule has 0 radical (unpaired) electrons. The summed E-state index contributed by atoms with van der Waals surface area (Å²) in [7, 11) is 3.13. The number of rotatable bonds is 5. The van der Waals surface area contributed by atoms with Crippen LogP contribution in [0.2, 0.25) is 0 Å². The monoisotopic (exact) mass is 466 g/mol. The molecule has 0 unspecified atom stereocenters. The van der Waals surface area contributed by atoms with Crippen LogP contribution in [0.25, 0.3) is 0 Å². The van der Waals surface area contributed by atoms with Crippen molar-refractivity contribution in [1.82, 2.24) is 9.80 Å². The quantitative estimate of drug-likeness (QED) is 0.731. The van der Waals surface area contributed by atoms with Crippen LogP contribution in [0.15, 0.2) is 42.5 Å². The van der Waals surface area contributed by atoms with Gasteiger partial charge in [-0.25, -0.2) is 4.79 Å². The molecule has 0 spiro atoms. The zero-order chi connectivity index (χ0) is 24.1. The average Bonchev–Trinajstić information content (AvgIpc) is 2.88. The predicted molar refractivity (Wildman–Crippen MR) is 129 cm³/mol. The van der Waals surface area contributed by atoms with Crippen molar-refractivity contribution in [3.8, 4) is 11.5 Å². The highest BCUT2D eigenvalue weighted by Crippen LogP contribution is 2.33. The zero-order valence-electron chi connectivity index (χ0n) is 19.6. The number of hydrogen-bond donors (Lipinski definition) is 1. The number of carbonyl (C=O) groups is 3. The molecule has 2 saturated heterocycles. The Morgan fingerprint density at radius 1 is 0.882 bits per heavy atom. The highest BCUT2D eigenvalue weighted by Gasteiger charge is 2.26. The van der Waals surface area contributed by atoms with Gasteiger partial charge in [0.1, 0.15) is 11.5 Å². The lowest BCUT2D eigenvalue weighted by atomic mass is 10.1. The van der Waals surface area contributed by atoms with Crippen LogP contribution in [0.3, 0.4) is 0 Å². The number of benzene rings is 2. The summed E-state index contributed by atoms with van der Waals surface area (Å²) in [5.74, 6) is 1.21. The third-order valence-corrected chi connectivity index (χ3v) is 6.22. The minimum Gasteiger partial charge on any atom is -0.497 e. The van der Waals surface area contributed by atoms with Gasteiger partial charge in [0.2, 0.25) is 5.91 Å². The summed E-state index contributed by atoms with van der Waals surface area (Å²) < 4.78 is 10.6. The summed E-state index contributed by atoms with van der Waals surface area (Å²) in [4.78, 5) is 43.3. The highest BCUT2D eigenvalue weighted by atomic mass is 16.5. The molecule has 2 heterocycles. The van der Waals surface area contributed by atoms with Gasteiger partial charge in [0.25, 0.3) is 5.91 Å². The second-order valence-corrected chi connectivity index (χ2v) is 8.33. The van der Waals surface area contributed by atoms with Crippen LogP contribution in [0.4, 0.5) is 16.2 Å². The standard InChI is InChI=1S/C25H30N4O5/c1-33-20-7-5-6-18(16-20)24(31)27-12-14-28(15-13-27)25(32)26-19-9-10-22(34-2)21(17-19)29-11-4-3-8-23(29)30/h5-7,9-10,16-17H,3-4,8,11-15H2,1-2H3,(H,26,32). The van der Waals surface area contributed by atoms with E-state index in [-0.39, 0.29) is 17.8 Å². The van der Waals surface area contributed by atoms with Gasteiger partial charge in [-0.15, -0.1) is 0 Å². The maximum atomic E-state index is 12.9. The number of nitrogens with zero attached hydrogens (tertiary/aromatic N) is 3. The van der Waals surface area contributed by atoms with E-state index >= 15 is 0 Å². The predicted octanol–water partition coefficient (Wildman–Crippen LogP) is 3.21. The first-order chi connectivity index (χ1) is 16.5. The number of amides is 4. The molecule has 2 aromatic rings. The van der Waals surface area contributed by atoms with Crippen molar-refractivity contribution in [3.05, 3.63) is 48.0 Å². The SMILES string of the molecule is COc1cccc(C(=O)N2CCN(C(=O)Nc3ccc(OC)c(N4CCCCC4=O)c3)CC2)c1. The fraction of sp³-hybridized carbons (Fsp3) is 0.400. The second kappa shape index (κ2) is 10.5. The van der Waals surface area contributed by atoms with Crippen molar-refractivity contribution in [1.29, 1.82) is 0 Å². The molecule has 2 aliphatic rings. The fourth-order valence-electron chi connectivity index (χ4n) is 4.29. The lowest BCUT2D eigenvalue weighted by Gasteiger charge is -2.35. The van der Waals surface area contributed by atoms with Gasteiger partial charge in [0.05, 0.1) is 19.9 Å². The van der Waals surface area contributed by atoms with E-state index in [9.17, 15) is 14.4 Å². The maximum absolute atomic E-state index is 12.9. The summed E-state index contributed by atoms with van der Waals surface area (Å²) >= 11 is 0. The van der Waals surface area contributed by atoms with Crippen LogP contribution in [-0.2, 0) is 4.79 Å². The molecule has 2 aromatic carbocycles. The van der Waals surface area contributed by atoms with Crippen LogP contribution in [0, 0.1) is 0 Å². The molecule has 0 saturated carbocycles. The smallest absolute Gasteiger partial charge is 0.321 e. The number of ether oxygens (including phenoxy) is 2. The van der Waals surface area contributed by atoms with Crippen LogP contribution in [0.1, 0.15) is 29.6 Å². The van der Waals surface area contributed by atoms with Gasteiger partial charge in [-0.3, -0.25) is 9.59 Å². The van der Waals surface area contributed by atoms with Gasteiger partial charge in [-0.2, -0.15) is 0 Å². The third kappa shape index (κ3) is 5.08. The Kier molecular flexibility index (Phi) is 7.20. The number of methoxy groups -OCH3 is 2. The summed E-state index contributed by atoms with van der Waals surface area (Å²) in [6, 6.07) is 12.1. The van der Waals surface area contributed by atoms with Crippen molar-refractivity contribution in [2.24, 2.45) is 0 Å². The summed E-state index contributed by atoms with van der Waals surface area (Å²) in [6.07, 6.45) is 2.34. The number of hydrogen-bond acceptors (Lipinski definition) is 5. The molecule has 0 aliphatic carbocycles.